The maximum Gasteiger partial charge on any atom is 0.346 e. The van der Waals surface area contributed by atoms with Crippen LogP contribution < -0.4 is 10.1 Å². The van der Waals surface area contributed by atoms with Gasteiger partial charge in [-0.3, -0.25) is 4.79 Å². The molecule has 2 aromatic rings. The number of hydrogen-bond donors (Lipinski definition) is 1. The Labute approximate surface area is 186 Å². The molecule has 2 unspecified atom stereocenters. The van der Waals surface area contributed by atoms with E-state index in [9.17, 15) is 9.59 Å². The van der Waals surface area contributed by atoms with Crippen molar-refractivity contribution in [2.75, 3.05) is 12.4 Å². The van der Waals surface area contributed by atoms with Crippen LogP contribution in [0.2, 0.25) is 0 Å². The lowest BCUT2D eigenvalue weighted by atomic mass is 9.84. The van der Waals surface area contributed by atoms with Gasteiger partial charge < -0.3 is 14.8 Å². The Balaban J connectivity index is 1.82. The maximum atomic E-state index is 13.4. The van der Waals surface area contributed by atoms with Gasteiger partial charge in [-0.05, 0) is 62.4 Å². The summed E-state index contributed by atoms with van der Waals surface area (Å²) in [5.41, 5.74) is 2.50. The summed E-state index contributed by atoms with van der Waals surface area (Å²) in [7, 11) is 1.33. The van der Waals surface area contributed by atoms with Gasteiger partial charge in [-0.25, -0.2) is 4.79 Å². The van der Waals surface area contributed by atoms with Crippen molar-refractivity contribution in [1.29, 1.82) is 0 Å². The van der Waals surface area contributed by atoms with Gasteiger partial charge in [0, 0.05) is 15.7 Å². The number of esters is 1. The highest BCUT2D eigenvalue weighted by Gasteiger charge is 2.32. The van der Waals surface area contributed by atoms with Crippen LogP contribution in [0.5, 0.6) is 5.75 Å². The van der Waals surface area contributed by atoms with Crippen molar-refractivity contribution in [1.82, 2.24) is 0 Å². The Morgan fingerprint density at radius 3 is 2.40 bits per heavy atom. The number of halogens is 1. The second-order valence-corrected chi connectivity index (χ2v) is 8.69. The molecular formula is C24H28BrNO4. The third kappa shape index (κ3) is 5.22. The number of rotatable bonds is 7. The molecule has 160 valence electrons. The Morgan fingerprint density at radius 1 is 1.10 bits per heavy atom. The van der Waals surface area contributed by atoms with Crippen LogP contribution in [0, 0.1) is 12.8 Å². The highest BCUT2D eigenvalue weighted by Crippen LogP contribution is 2.39. The van der Waals surface area contributed by atoms with E-state index in [2.05, 4.69) is 21.2 Å². The molecule has 1 N–H and O–H groups in total. The molecule has 0 heterocycles. The van der Waals surface area contributed by atoms with Crippen LogP contribution in [-0.2, 0) is 14.3 Å². The molecule has 1 aliphatic carbocycles. The fourth-order valence-corrected chi connectivity index (χ4v) is 4.36. The average molecular weight is 474 g/mol. The summed E-state index contributed by atoms with van der Waals surface area (Å²) in [6, 6.07) is 13.5. The van der Waals surface area contributed by atoms with E-state index in [1.54, 1.807) is 13.0 Å². The third-order valence-electron chi connectivity index (χ3n) is 5.76. The molecule has 0 saturated heterocycles. The minimum Gasteiger partial charge on any atom is -0.479 e. The van der Waals surface area contributed by atoms with E-state index >= 15 is 0 Å². The first kappa shape index (κ1) is 22.3. The molecule has 1 saturated carbocycles. The summed E-state index contributed by atoms with van der Waals surface area (Å²) in [5, 5.41) is 3.11. The number of carbonyl (C=O) groups is 2. The number of methoxy groups -OCH3 is 1. The zero-order chi connectivity index (χ0) is 21.7. The molecule has 0 aliphatic heterocycles. The lowest BCUT2D eigenvalue weighted by Gasteiger charge is -2.24. The molecule has 2 atom stereocenters. The maximum absolute atomic E-state index is 13.4. The molecule has 3 rings (SSSR count). The normalized spacial score (nSPS) is 16.0. The van der Waals surface area contributed by atoms with Crippen LogP contribution in [0.1, 0.15) is 49.7 Å². The van der Waals surface area contributed by atoms with Gasteiger partial charge in [0.1, 0.15) is 5.75 Å². The van der Waals surface area contributed by atoms with Crippen LogP contribution in [0.4, 0.5) is 5.69 Å². The molecule has 6 heteroatoms. The Morgan fingerprint density at radius 2 is 1.77 bits per heavy atom. The molecule has 2 aromatic carbocycles. The zero-order valence-electron chi connectivity index (χ0n) is 17.6. The lowest BCUT2D eigenvalue weighted by Crippen LogP contribution is -2.27. The fraction of sp³-hybridized carbons (Fsp3) is 0.417. The number of amides is 1. The summed E-state index contributed by atoms with van der Waals surface area (Å²) in [6.45, 7) is 3.51. The van der Waals surface area contributed by atoms with Gasteiger partial charge in [0.05, 0.1) is 13.0 Å². The number of benzene rings is 2. The number of hydrogen-bond acceptors (Lipinski definition) is 4. The van der Waals surface area contributed by atoms with E-state index in [1.807, 2.05) is 43.3 Å². The minimum atomic E-state index is -0.728. The Bertz CT molecular complexity index is 891. The fourth-order valence-electron chi connectivity index (χ4n) is 4.09. The summed E-state index contributed by atoms with van der Waals surface area (Å²) in [4.78, 5) is 25.1. The predicted molar refractivity (Wildman–Crippen MR) is 121 cm³/mol. The topological polar surface area (TPSA) is 64.6 Å². The first-order chi connectivity index (χ1) is 14.4. The highest BCUT2D eigenvalue weighted by molar-refractivity contribution is 9.10. The van der Waals surface area contributed by atoms with Crippen molar-refractivity contribution >= 4 is 33.5 Å². The molecule has 1 fully saturated rings. The van der Waals surface area contributed by atoms with Crippen molar-refractivity contribution in [3.63, 3.8) is 0 Å². The second-order valence-electron chi connectivity index (χ2n) is 7.77. The number of ether oxygens (including phenoxy) is 2. The van der Waals surface area contributed by atoms with Gasteiger partial charge in [-0.15, -0.1) is 0 Å². The van der Waals surface area contributed by atoms with Gasteiger partial charge in [0.25, 0.3) is 0 Å². The SMILES string of the molecule is COC(=O)C(C)Oc1cccc(NC(=O)C(c2ccc(Br)cc2)C2CCCC2)c1C. The van der Waals surface area contributed by atoms with Crippen LogP contribution in [-0.4, -0.2) is 25.1 Å². The molecule has 5 nitrogen and oxygen atoms in total. The molecule has 1 amide bonds. The molecule has 0 radical (unpaired) electrons. The largest absolute Gasteiger partial charge is 0.479 e. The van der Waals surface area contributed by atoms with Crippen LogP contribution in [0.15, 0.2) is 46.9 Å². The lowest BCUT2D eigenvalue weighted by molar-refractivity contribution is -0.147. The standard InChI is InChI=1S/C24H28BrNO4/c1-15-20(9-6-10-21(15)30-16(2)24(28)29-3)26-23(27)22(17-7-4-5-8-17)18-11-13-19(25)14-12-18/h6,9-14,16-17,22H,4-5,7-8H2,1-3H3,(H,26,27). The third-order valence-corrected chi connectivity index (χ3v) is 6.29. The minimum absolute atomic E-state index is 0.00881. The summed E-state index contributed by atoms with van der Waals surface area (Å²) >= 11 is 3.47. The number of carbonyl (C=O) groups excluding carboxylic acids is 2. The van der Waals surface area contributed by atoms with Gasteiger partial charge >= 0.3 is 5.97 Å². The number of anilines is 1. The van der Waals surface area contributed by atoms with Crippen LogP contribution in [0.25, 0.3) is 0 Å². The van der Waals surface area contributed by atoms with Gasteiger partial charge in [-0.1, -0.05) is 47.0 Å². The highest BCUT2D eigenvalue weighted by atomic mass is 79.9. The smallest absolute Gasteiger partial charge is 0.346 e. The molecule has 0 bridgehead atoms. The van der Waals surface area contributed by atoms with E-state index in [4.69, 9.17) is 9.47 Å². The first-order valence-corrected chi connectivity index (χ1v) is 11.1. The summed E-state index contributed by atoms with van der Waals surface area (Å²) < 4.78 is 11.5. The van der Waals surface area contributed by atoms with Crippen molar-refractivity contribution in [2.45, 2.75) is 51.6 Å². The van der Waals surface area contributed by atoms with E-state index in [0.29, 0.717) is 17.4 Å². The van der Waals surface area contributed by atoms with Gasteiger partial charge in [-0.2, -0.15) is 0 Å². The average Bonchev–Trinajstić information content (AvgIpc) is 3.26. The summed E-state index contributed by atoms with van der Waals surface area (Å²) in [5.74, 6) is 0.237. The molecular weight excluding hydrogens is 446 g/mol. The molecule has 0 spiro atoms. The summed E-state index contributed by atoms with van der Waals surface area (Å²) in [6.07, 6.45) is 3.73. The van der Waals surface area contributed by atoms with E-state index < -0.39 is 12.1 Å². The van der Waals surface area contributed by atoms with Gasteiger partial charge in [0.2, 0.25) is 5.91 Å². The second kappa shape index (κ2) is 10.1. The van der Waals surface area contributed by atoms with Crippen molar-refractivity contribution in [2.24, 2.45) is 5.92 Å². The molecule has 0 aromatic heterocycles. The van der Waals surface area contributed by atoms with Gasteiger partial charge in [0.15, 0.2) is 6.10 Å². The van der Waals surface area contributed by atoms with Crippen molar-refractivity contribution in [3.05, 3.63) is 58.1 Å². The zero-order valence-corrected chi connectivity index (χ0v) is 19.2. The Hall–Kier alpha value is -2.34. The van der Waals surface area contributed by atoms with E-state index in [1.165, 1.54) is 20.0 Å². The monoisotopic (exact) mass is 473 g/mol. The number of nitrogens with one attached hydrogen (secondary N) is 1. The predicted octanol–water partition coefficient (Wildman–Crippen LogP) is 5.61. The molecule has 30 heavy (non-hydrogen) atoms. The van der Waals surface area contributed by atoms with Crippen molar-refractivity contribution in [3.8, 4) is 5.75 Å². The van der Waals surface area contributed by atoms with Crippen molar-refractivity contribution < 1.29 is 19.1 Å². The Kier molecular flexibility index (Phi) is 7.53. The van der Waals surface area contributed by atoms with Crippen LogP contribution >= 0.6 is 15.9 Å². The van der Waals surface area contributed by atoms with E-state index in [0.717, 1.165) is 28.4 Å². The quantitative estimate of drug-likeness (QED) is 0.530. The first-order valence-electron chi connectivity index (χ1n) is 10.3. The van der Waals surface area contributed by atoms with E-state index in [-0.39, 0.29) is 11.8 Å². The van der Waals surface area contributed by atoms with Crippen LogP contribution in [0.3, 0.4) is 0 Å². The molecule has 1 aliphatic rings.